The van der Waals surface area contributed by atoms with Gasteiger partial charge in [0.25, 0.3) is 0 Å². The molecule has 1 unspecified atom stereocenters. The highest BCUT2D eigenvalue weighted by Crippen LogP contribution is 2.28. The first-order valence-electron chi connectivity index (χ1n) is 9.08. The van der Waals surface area contributed by atoms with Crippen molar-refractivity contribution in [1.82, 2.24) is 15.0 Å². The quantitative estimate of drug-likeness (QED) is 0.830. The van der Waals surface area contributed by atoms with Gasteiger partial charge < -0.3 is 20.2 Å². The van der Waals surface area contributed by atoms with Crippen LogP contribution in [0.5, 0.6) is 0 Å². The Morgan fingerprint density at radius 1 is 1.22 bits per heavy atom. The van der Waals surface area contributed by atoms with E-state index in [2.05, 4.69) is 20.3 Å². The molecule has 0 saturated carbocycles. The summed E-state index contributed by atoms with van der Waals surface area (Å²) in [5.41, 5.74) is 1.45. The number of rotatable bonds is 4. The SMILES string of the molecule is O=C1CCCN1c1cncc(Nc2ncc(Cl)c(N3CCCC(O)C3)n2)c1. The smallest absolute Gasteiger partial charge is 0.229 e. The number of pyridine rings is 1. The summed E-state index contributed by atoms with van der Waals surface area (Å²) < 4.78 is 0. The number of nitrogens with zero attached hydrogens (tertiary/aromatic N) is 5. The number of carbonyl (C=O) groups excluding carboxylic acids is 1. The molecular formula is C18H21ClN6O2. The third-order valence-corrected chi connectivity index (χ3v) is 5.05. The average Bonchev–Trinajstić information content (AvgIpc) is 3.09. The number of β-amino-alcohol motifs (C(OH)–C–C–N with tert-alkyl or cyclic N) is 1. The molecule has 27 heavy (non-hydrogen) atoms. The number of nitrogens with one attached hydrogen (secondary N) is 1. The van der Waals surface area contributed by atoms with E-state index in [1.807, 2.05) is 11.0 Å². The first-order chi connectivity index (χ1) is 13.1. The second kappa shape index (κ2) is 7.66. The van der Waals surface area contributed by atoms with Gasteiger partial charge in [-0.05, 0) is 25.3 Å². The van der Waals surface area contributed by atoms with Gasteiger partial charge in [-0.1, -0.05) is 11.6 Å². The lowest BCUT2D eigenvalue weighted by molar-refractivity contribution is -0.117. The van der Waals surface area contributed by atoms with E-state index in [9.17, 15) is 9.90 Å². The Hall–Kier alpha value is -2.45. The third-order valence-electron chi connectivity index (χ3n) is 4.79. The van der Waals surface area contributed by atoms with Crippen LogP contribution in [0, 0.1) is 0 Å². The van der Waals surface area contributed by atoms with Crippen molar-refractivity contribution in [2.45, 2.75) is 31.8 Å². The third kappa shape index (κ3) is 3.96. The second-order valence-electron chi connectivity index (χ2n) is 6.81. The van der Waals surface area contributed by atoms with Crippen LogP contribution < -0.4 is 15.1 Å². The van der Waals surface area contributed by atoms with Gasteiger partial charge in [0.2, 0.25) is 11.9 Å². The predicted molar refractivity (Wildman–Crippen MR) is 104 cm³/mol. The molecule has 8 nitrogen and oxygen atoms in total. The molecule has 4 heterocycles. The van der Waals surface area contributed by atoms with E-state index in [1.165, 1.54) is 0 Å². The molecule has 2 saturated heterocycles. The molecule has 9 heteroatoms. The molecule has 2 aromatic rings. The van der Waals surface area contributed by atoms with Crippen molar-refractivity contribution in [2.24, 2.45) is 0 Å². The molecule has 2 aliphatic heterocycles. The minimum Gasteiger partial charge on any atom is -0.391 e. The number of halogens is 1. The highest BCUT2D eigenvalue weighted by molar-refractivity contribution is 6.32. The van der Waals surface area contributed by atoms with Gasteiger partial charge in [0.15, 0.2) is 5.82 Å². The monoisotopic (exact) mass is 388 g/mol. The Morgan fingerprint density at radius 2 is 2.11 bits per heavy atom. The van der Waals surface area contributed by atoms with Crippen LogP contribution in [0.3, 0.4) is 0 Å². The summed E-state index contributed by atoms with van der Waals surface area (Å²) in [7, 11) is 0. The number of carbonyl (C=O) groups is 1. The Bertz CT molecular complexity index is 848. The molecule has 0 aromatic carbocycles. The first kappa shape index (κ1) is 17.9. The molecule has 0 radical (unpaired) electrons. The topological polar surface area (TPSA) is 94.5 Å². The fourth-order valence-electron chi connectivity index (χ4n) is 3.48. The van der Waals surface area contributed by atoms with E-state index in [1.54, 1.807) is 23.5 Å². The number of anilines is 4. The molecule has 2 aromatic heterocycles. The van der Waals surface area contributed by atoms with Crippen LogP contribution in [0.25, 0.3) is 0 Å². The van der Waals surface area contributed by atoms with Crippen molar-refractivity contribution in [3.8, 4) is 0 Å². The number of aliphatic hydroxyl groups excluding tert-OH is 1. The van der Waals surface area contributed by atoms with Crippen molar-refractivity contribution in [3.05, 3.63) is 29.7 Å². The lowest BCUT2D eigenvalue weighted by Gasteiger charge is -2.31. The summed E-state index contributed by atoms with van der Waals surface area (Å²) >= 11 is 6.28. The van der Waals surface area contributed by atoms with Crippen molar-refractivity contribution < 1.29 is 9.90 Å². The number of piperidine rings is 1. The van der Waals surface area contributed by atoms with Crippen LogP contribution in [0.1, 0.15) is 25.7 Å². The standard InChI is InChI=1S/C18H21ClN6O2/c19-15-10-21-18(23-17(15)24-5-1-3-14(26)11-24)22-12-7-13(9-20-8-12)25-6-2-4-16(25)27/h7-10,14,26H,1-6,11H2,(H,21,22,23). The normalized spacial score (nSPS) is 20.2. The fourth-order valence-corrected chi connectivity index (χ4v) is 3.69. The number of amides is 1. The van der Waals surface area contributed by atoms with Crippen LogP contribution >= 0.6 is 11.6 Å². The van der Waals surface area contributed by atoms with E-state index < -0.39 is 0 Å². The Balaban J connectivity index is 1.54. The minimum atomic E-state index is -0.375. The van der Waals surface area contributed by atoms with E-state index in [4.69, 9.17) is 11.6 Å². The zero-order chi connectivity index (χ0) is 18.8. The molecule has 2 N–H and O–H groups in total. The maximum absolute atomic E-state index is 11.9. The van der Waals surface area contributed by atoms with Gasteiger partial charge in [0, 0.05) is 26.1 Å². The minimum absolute atomic E-state index is 0.114. The number of hydrogen-bond acceptors (Lipinski definition) is 7. The number of hydrogen-bond donors (Lipinski definition) is 2. The van der Waals surface area contributed by atoms with Gasteiger partial charge in [-0.25, -0.2) is 4.98 Å². The maximum Gasteiger partial charge on any atom is 0.229 e. The van der Waals surface area contributed by atoms with Crippen LogP contribution in [-0.2, 0) is 4.79 Å². The number of aliphatic hydroxyl groups is 1. The van der Waals surface area contributed by atoms with Gasteiger partial charge >= 0.3 is 0 Å². The zero-order valence-corrected chi connectivity index (χ0v) is 15.6. The van der Waals surface area contributed by atoms with Gasteiger partial charge in [0.1, 0.15) is 5.02 Å². The van der Waals surface area contributed by atoms with Gasteiger partial charge in [0.05, 0.1) is 36.1 Å². The first-order valence-corrected chi connectivity index (χ1v) is 9.46. The Kier molecular flexibility index (Phi) is 5.09. The summed E-state index contributed by atoms with van der Waals surface area (Å²) in [6.45, 7) is 2.01. The highest BCUT2D eigenvalue weighted by atomic mass is 35.5. The predicted octanol–water partition coefficient (Wildman–Crippen LogP) is 2.36. The van der Waals surface area contributed by atoms with Gasteiger partial charge in [-0.3, -0.25) is 9.78 Å². The van der Waals surface area contributed by atoms with Gasteiger partial charge in [-0.15, -0.1) is 0 Å². The van der Waals surface area contributed by atoms with Crippen molar-refractivity contribution in [3.63, 3.8) is 0 Å². The summed E-state index contributed by atoms with van der Waals surface area (Å²) in [6, 6.07) is 1.86. The van der Waals surface area contributed by atoms with Crippen LogP contribution in [0.2, 0.25) is 5.02 Å². The molecule has 1 atom stereocenters. The maximum atomic E-state index is 11.9. The van der Waals surface area contributed by atoms with Crippen molar-refractivity contribution in [1.29, 1.82) is 0 Å². The van der Waals surface area contributed by atoms with E-state index in [0.29, 0.717) is 42.0 Å². The lowest BCUT2D eigenvalue weighted by atomic mass is 10.1. The summed E-state index contributed by atoms with van der Waals surface area (Å²) in [5.74, 6) is 1.11. The molecular weight excluding hydrogens is 368 g/mol. The van der Waals surface area contributed by atoms with Crippen LogP contribution in [0.15, 0.2) is 24.7 Å². The highest BCUT2D eigenvalue weighted by Gasteiger charge is 2.23. The Labute approximate surface area is 162 Å². The Morgan fingerprint density at radius 3 is 2.89 bits per heavy atom. The van der Waals surface area contributed by atoms with Crippen molar-refractivity contribution in [2.75, 3.05) is 34.8 Å². The largest absolute Gasteiger partial charge is 0.391 e. The zero-order valence-electron chi connectivity index (χ0n) is 14.8. The number of aromatic nitrogens is 3. The van der Waals surface area contributed by atoms with E-state index >= 15 is 0 Å². The summed E-state index contributed by atoms with van der Waals surface area (Å²) in [6.07, 6.45) is 7.63. The molecule has 2 fully saturated rings. The molecule has 0 bridgehead atoms. The molecule has 1 amide bonds. The van der Waals surface area contributed by atoms with E-state index in [0.717, 1.165) is 31.5 Å². The molecule has 2 aliphatic rings. The molecule has 0 aliphatic carbocycles. The van der Waals surface area contributed by atoms with Crippen LogP contribution in [0.4, 0.5) is 23.1 Å². The summed E-state index contributed by atoms with van der Waals surface area (Å²) in [4.78, 5) is 28.6. The van der Waals surface area contributed by atoms with Crippen molar-refractivity contribution >= 4 is 40.6 Å². The lowest BCUT2D eigenvalue weighted by Crippen LogP contribution is -2.39. The second-order valence-corrected chi connectivity index (χ2v) is 7.22. The fraction of sp³-hybridized carbons (Fsp3) is 0.444. The molecule has 142 valence electrons. The molecule has 4 rings (SSSR count). The molecule has 0 spiro atoms. The van der Waals surface area contributed by atoms with Crippen LogP contribution in [-0.4, -0.2) is 51.7 Å². The van der Waals surface area contributed by atoms with Gasteiger partial charge in [-0.2, -0.15) is 4.98 Å². The van der Waals surface area contributed by atoms with E-state index in [-0.39, 0.29) is 12.0 Å². The average molecular weight is 389 g/mol. The summed E-state index contributed by atoms with van der Waals surface area (Å²) in [5, 5.41) is 13.5.